The lowest BCUT2D eigenvalue weighted by Crippen LogP contribution is -2.27. The number of allylic oxidation sites excluding steroid dienone is 2. The molecule has 0 aromatic rings. The van der Waals surface area contributed by atoms with Gasteiger partial charge in [-0.2, -0.15) is 0 Å². The molecule has 0 aromatic heterocycles. The van der Waals surface area contributed by atoms with E-state index in [1.54, 1.807) is 12.2 Å². The highest BCUT2D eigenvalue weighted by molar-refractivity contribution is 5.18. The summed E-state index contributed by atoms with van der Waals surface area (Å²) in [6, 6.07) is 0. The summed E-state index contributed by atoms with van der Waals surface area (Å²) in [4.78, 5) is 0. The van der Waals surface area contributed by atoms with Crippen LogP contribution in [0.4, 0.5) is 0 Å². The fraction of sp³-hybridized carbons (Fsp3) is 0.500. The molecule has 0 unspecified atom stereocenters. The molecule has 1 rings (SSSR count). The maximum Gasteiger partial charge on any atom is 0.190 e. The molecular formula is C8H12O3. The predicted molar refractivity (Wildman–Crippen MR) is 40.6 cm³/mol. The van der Waals surface area contributed by atoms with Crippen LogP contribution in [0.15, 0.2) is 24.0 Å². The lowest BCUT2D eigenvalue weighted by Gasteiger charge is -2.21. The Morgan fingerprint density at radius 3 is 2.91 bits per heavy atom. The summed E-state index contributed by atoms with van der Waals surface area (Å²) >= 11 is 0. The SMILES string of the molecule is CCOC1=CC=CC(O)(O)C1. The zero-order chi connectivity index (χ0) is 8.32. The second-order valence-electron chi connectivity index (χ2n) is 2.48. The van der Waals surface area contributed by atoms with Crippen LogP contribution in [0.5, 0.6) is 0 Å². The molecule has 2 N–H and O–H groups in total. The van der Waals surface area contributed by atoms with Gasteiger partial charge in [-0.15, -0.1) is 0 Å². The van der Waals surface area contributed by atoms with Gasteiger partial charge in [0.25, 0.3) is 0 Å². The van der Waals surface area contributed by atoms with Crippen molar-refractivity contribution in [3.63, 3.8) is 0 Å². The molecule has 0 aromatic carbocycles. The van der Waals surface area contributed by atoms with Crippen LogP contribution in [0.3, 0.4) is 0 Å². The highest BCUT2D eigenvalue weighted by Gasteiger charge is 2.23. The smallest absolute Gasteiger partial charge is 0.190 e. The molecule has 1 aliphatic carbocycles. The maximum absolute atomic E-state index is 9.12. The third kappa shape index (κ3) is 2.37. The summed E-state index contributed by atoms with van der Waals surface area (Å²) in [5, 5.41) is 18.2. The largest absolute Gasteiger partial charge is 0.498 e. The van der Waals surface area contributed by atoms with Crippen molar-refractivity contribution in [1.29, 1.82) is 0 Å². The Balaban J connectivity index is 2.58. The number of aliphatic hydroxyl groups is 2. The highest BCUT2D eigenvalue weighted by Crippen LogP contribution is 2.20. The van der Waals surface area contributed by atoms with E-state index in [1.165, 1.54) is 6.08 Å². The minimum Gasteiger partial charge on any atom is -0.498 e. The quantitative estimate of drug-likeness (QED) is 0.574. The molecule has 3 heteroatoms. The molecule has 62 valence electrons. The first-order valence-corrected chi connectivity index (χ1v) is 3.60. The van der Waals surface area contributed by atoms with Crippen LogP contribution in [0.1, 0.15) is 13.3 Å². The highest BCUT2D eigenvalue weighted by atomic mass is 16.5. The van der Waals surface area contributed by atoms with Gasteiger partial charge in [-0.05, 0) is 19.1 Å². The van der Waals surface area contributed by atoms with Crippen LogP contribution in [0.25, 0.3) is 0 Å². The summed E-state index contributed by atoms with van der Waals surface area (Å²) in [5.74, 6) is -1.11. The van der Waals surface area contributed by atoms with Crippen molar-refractivity contribution < 1.29 is 14.9 Å². The van der Waals surface area contributed by atoms with Crippen LogP contribution < -0.4 is 0 Å². The molecule has 3 nitrogen and oxygen atoms in total. The van der Waals surface area contributed by atoms with E-state index in [0.717, 1.165) is 0 Å². The van der Waals surface area contributed by atoms with E-state index in [0.29, 0.717) is 12.4 Å². The van der Waals surface area contributed by atoms with E-state index in [4.69, 9.17) is 14.9 Å². The summed E-state index contributed by atoms with van der Waals surface area (Å²) in [5.41, 5.74) is 0. The summed E-state index contributed by atoms with van der Waals surface area (Å²) in [7, 11) is 0. The molecule has 0 aliphatic heterocycles. The molecule has 0 spiro atoms. The number of rotatable bonds is 2. The minimum absolute atomic E-state index is 0.136. The molecule has 0 heterocycles. The third-order valence-corrected chi connectivity index (χ3v) is 1.41. The molecule has 0 atom stereocenters. The van der Waals surface area contributed by atoms with E-state index in [9.17, 15) is 0 Å². The second-order valence-corrected chi connectivity index (χ2v) is 2.48. The van der Waals surface area contributed by atoms with Crippen molar-refractivity contribution in [2.24, 2.45) is 0 Å². The van der Waals surface area contributed by atoms with Gasteiger partial charge in [-0.1, -0.05) is 6.08 Å². The van der Waals surface area contributed by atoms with Gasteiger partial charge in [0.1, 0.15) is 5.76 Å². The van der Waals surface area contributed by atoms with E-state index >= 15 is 0 Å². The van der Waals surface area contributed by atoms with Crippen LogP contribution in [-0.4, -0.2) is 22.6 Å². The Labute approximate surface area is 65.6 Å². The average Bonchev–Trinajstić information content (AvgIpc) is 1.85. The molecule has 1 aliphatic rings. The first-order chi connectivity index (χ1) is 5.14. The standard InChI is InChI=1S/C8H12O3/c1-2-11-7-4-3-5-8(9,10)6-7/h3-5,9-10H,2,6H2,1H3. The summed E-state index contributed by atoms with van der Waals surface area (Å²) in [6.45, 7) is 2.41. The van der Waals surface area contributed by atoms with Gasteiger partial charge in [-0.3, -0.25) is 0 Å². The first kappa shape index (κ1) is 8.30. The Kier molecular flexibility index (Phi) is 2.31. The van der Waals surface area contributed by atoms with Gasteiger partial charge < -0.3 is 14.9 Å². The van der Waals surface area contributed by atoms with Gasteiger partial charge >= 0.3 is 0 Å². The van der Waals surface area contributed by atoms with Crippen LogP contribution in [-0.2, 0) is 4.74 Å². The minimum atomic E-state index is -1.72. The molecule has 0 bridgehead atoms. The molecule has 0 saturated heterocycles. The van der Waals surface area contributed by atoms with Gasteiger partial charge in [0.2, 0.25) is 0 Å². The molecule has 11 heavy (non-hydrogen) atoms. The van der Waals surface area contributed by atoms with Gasteiger partial charge in [0.15, 0.2) is 5.79 Å². The Hall–Kier alpha value is -0.800. The van der Waals surface area contributed by atoms with Crippen molar-refractivity contribution in [1.82, 2.24) is 0 Å². The molecule has 0 fully saturated rings. The topological polar surface area (TPSA) is 49.7 Å². The van der Waals surface area contributed by atoms with E-state index in [2.05, 4.69) is 0 Å². The number of ether oxygens (including phenoxy) is 1. The lowest BCUT2D eigenvalue weighted by atomic mass is 10.1. The van der Waals surface area contributed by atoms with E-state index in [1.807, 2.05) is 6.92 Å². The molecule has 0 amide bonds. The van der Waals surface area contributed by atoms with Crippen molar-refractivity contribution in [2.75, 3.05) is 6.61 Å². The van der Waals surface area contributed by atoms with Crippen molar-refractivity contribution in [2.45, 2.75) is 19.1 Å². The van der Waals surface area contributed by atoms with Crippen LogP contribution >= 0.6 is 0 Å². The average molecular weight is 156 g/mol. The maximum atomic E-state index is 9.12. The van der Waals surface area contributed by atoms with Gasteiger partial charge in [0.05, 0.1) is 13.0 Å². The Bertz CT molecular complexity index is 192. The zero-order valence-electron chi connectivity index (χ0n) is 6.45. The predicted octanol–water partition coefficient (Wildman–Crippen LogP) is 0.548. The summed E-state index contributed by atoms with van der Waals surface area (Å²) < 4.78 is 5.11. The lowest BCUT2D eigenvalue weighted by molar-refractivity contribution is -0.124. The first-order valence-electron chi connectivity index (χ1n) is 3.60. The fourth-order valence-corrected chi connectivity index (χ4v) is 0.968. The number of hydrogen-bond acceptors (Lipinski definition) is 3. The van der Waals surface area contributed by atoms with Crippen molar-refractivity contribution >= 4 is 0 Å². The normalized spacial score (nSPS) is 21.2. The summed E-state index contributed by atoms with van der Waals surface area (Å²) in [6.07, 6.45) is 4.77. The van der Waals surface area contributed by atoms with Gasteiger partial charge in [-0.25, -0.2) is 0 Å². The van der Waals surface area contributed by atoms with Crippen LogP contribution in [0, 0.1) is 0 Å². The second kappa shape index (κ2) is 3.07. The van der Waals surface area contributed by atoms with Gasteiger partial charge in [0, 0.05) is 0 Å². The third-order valence-electron chi connectivity index (χ3n) is 1.41. The van der Waals surface area contributed by atoms with Crippen molar-refractivity contribution in [3.05, 3.63) is 24.0 Å². The molecule has 0 radical (unpaired) electrons. The Morgan fingerprint density at radius 2 is 2.36 bits per heavy atom. The molecular weight excluding hydrogens is 144 g/mol. The number of hydrogen-bond donors (Lipinski definition) is 2. The van der Waals surface area contributed by atoms with E-state index < -0.39 is 5.79 Å². The monoisotopic (exact) mass is 156 g/mol. The Morgan fingerprint density at radius 1 is 1.64 bits per heavy atom. The van der Waals surface area contributed by atoms with Crippen LogP contribution in [0.2, 0.25) is 0 Å². The van der Waals surface area contributed by atoms with Crippen molar-refractivity contribution in [3.8, 4) is 0 Å². The van der Waals surface area contributed by atoms with E-state index in [-0.39, 0.29) is 6.42 Å². The zero-order valence-corrected chi connectivity index (χ0v) is 6.45. The fourth-order valence-electron chi connectivity index (χ4n) is 0.968. The molecule has 0 saturated carbocycles.